The first-order valence-corrected chi connectivity index (χ1v) is 9.66. The molecule has 152 valence electrons. The highest BCUT2D eigenvalue weighted by molar-refractivity contribution is 7.89. The normalized spacial score (nSPS) is 19.4. The molecule has 28 heavy (non-hydrogen) atoms. The quantitative estimate of drug-likeness (QED) is 0.684. The van der Waals surface area contributed by atoms with E-state index in [1.165, 1.54) is 30.8 Å². The molecule has 0 unspecified atom stereocenters. The molecule has 1 amide bonds. The zero-order valence-corrected chi connectivity index (χ0v) is 15.7. The van der Waals surface area contributed by atoms with Crippen LogP contribution in [-0.4, -0.2) is 47.7 Å². The Morgan fingerprint density at radius 3 is 2.86 bits per heavy atom. The van der Waals surface area contributed by atoms with Crippen LogP contribution in [-0.2, 0) is 17.1 Å². The molecule has 0 saturated heterocycles. The van der Waals surface area contributed by atoms with Gasteiger partial charge in [-0.25, -0.2) is 21.9 Å². The predicted octanol–water partition coefficient (Wildman–Crippen LogP) is 1.03. The van der Waals surface area contributed by atoms with Crippen molar-refractivity contribution >= 4 is 21.6 Å². The molecule has 2 aromatic rings. The standard InChI is InChI=1S/C16H18F2N4O5S/c1-8(23)11-7-27-14-12(28(25,26)21-11)6-22(2)13(14)16(24)20-9-3-4-19-10(5-9)15(17)18/h3-6,8,11,15,21,23H,7H2,1-2H3,(H,19,20,24)/t8-,11+/m0/s1. The lowest BCUT2D eigenvalue weighted by atomic mass is 10.2. The number of anilines is 1. The number of nitrogens with one attached hydrogen (secondary N) is 2. The molecule has 0 bridgehead atoms. The Bertz CT molecular complexity index is 1010. The molecule has 3 N–H and O–H groups in total. The van der Waals surface area contributed by atoms with Crippen molar-refractivity contribution in [2.24, 2.45) is 7.05 Å². The van der Waals surface area contributed by atoms with E-state index in [1.54, 1.807) is 0 Å². The van der Waals surface area contributed by atoms with Crippen molar-refractivity contribution in [3.63, 3.8) is 0 Å². The number of halogens is 2. The van der Waals surface area contributed by atoms with Crippen molar-refractivity contribution in [3.05, 3.63) is 35.9 Å². The number of alkyl halides is 2. The van der Waals surface area contributed by atoms with Gasteiger partial charge in [-0.3, -0.25) is 9.78 Å². The monoisotopic (exact) mass is 416 g/mol. The number of aliphatic hydroxyl groups is 1. The molecule has 0 saturated carbocycles. The Labute approximate surface area is 159 Å². The molecule has 0 fully saturated rings. The summed E-state index contributed by atoms with van der Waals surface area (Å²) in [5.41, 5.74) is -0.546. The molecule has 0 radical (unpaired) electrons. The summed E-state index contributed by atoms with van der Waals surface area (Å²) in [6.07, 6.45) is -1.50. The maximum atomic E-state index is 12.8. The van der Waals surface area contributed by atoms with Crippen LogP contribution in [0, 0.1) is 0 Å². The number of fused-ring (bicyclic) bond motifs is 1. The zero-order chi connectivity index (χ0) is 20.6. The van der Waals surface area contributed by atoms with Crippen LogP contribution < -0.4 is 14.8 Å². The minimum atomic E-state index is -4.04. The SMILES string of the molecule is C[C@H](O)[C@H]1COc2c(cn(C)c2C(=O)Nc2ccnc(C(F)F)c2)S(=O)(=O)N1. The second-order valence-electron chi connectivity index (χ2n) is 6.29. The van der Waals surface area contributed by atoms with E-state index in [-0.39, 0.29) is 28.6 Å². The lowest BCUT2D eigenvalue weighted by Crippen LogP contribution is -2.44. The number of amides is 1. The molecular formula is C16H18F2N4O5S. The third kappa shape index (κ3) is 3.84. The van der Waals surface area contributed by atoms with Gasteiger partial charge in [0.25, 0.3) is 12.3 Å². The second kappa shape index (κ2) is 7.45. The van der Waals surface area contributed by atoms with E-state index in [0.29, 0.717) is 0 Å². The maximum absolute atomic E-state index is 12.8. The summed E-state index contributed by atoms with van der Waals surface area (Å²) in [5, 5.41) is 12.1. The number of hydrogen-bond acceptors (Lipinski definition) is 6. The van der Waals surface area contributed by atoms with Crippen LogP contribution in [0.2, 0.25) is 0 Å². The van der Waals surface area contributed by atoms with Gasteiger partial charge in [0.05, 0.1) is 12.1 Å². The van der Waals surface area contributed by atoms with Crippen LogP contribution in [0.4, 0.5) is 14.5 Å². The van der Waals surface area contributed by atoms with Crippen LogP contribution in [0.5, 0.6) is 5.75 Å². The van der Waals surface area contributed by atoms with Crippen molar-refractivity contribution in [1.29, 1.82) is 0 Å². The van der Waals surface area contributed by atoms with Crippen molar-refractivity contribution in [2.75, 3.05) is 11.9 Å². The predicted molar refractivity (Wildman–Crippen MR) is 93.8 cm³/mol. The Hall–Kier alpha value is -2.57. The van der Waals surface area contributed by atoms with Crippen molar-refractivity contribution in [3.8, 4) is 5.75 Å². The maximum Gasteiger partial charge on any atom is 0.280 e. The van der Waals surface area contributed by atoms with E-state index in [2.05, 4.69) is 15.0 Å². The number of pyridine rings is 1. The highest BCUT2D eigenvalue weighted by Crippen LogP contribution is 2.33. The first kappa shape index (κ1) is 20.2. The molecule has 12 heteroatoms. The van der Waals surface area contributed by atoms with Gasteiger partial charge < -0.3 is 19.7 Å². The van der Waals surface area contributed by atoms with Gasteiger partial charge in [0.2, 0.25) is 10.0 Å². The van der Waals surface area contributed by atoms with E-state index >= 15 is 0 Å². The van der Waals surface area contributed by atoms with E-state index in [0.717, 1.165) is 12.3 Å². The van der Waals surface area contributed by atoms with Gasteiger partial charge in [-0.05, 0) is 19.1 Å². The number of ether oxygens (including phenoxy) is 1. The highest BCUT2D eigenvalue weighted by Gasteiger charge is 2.35. The Morgan fingerprint density at radius 1 is 1.50 bits per heavy atom. The minimum Gasteiger partial charge on any atom is -0.488 e. The summed E-state index contributed by atoms with van der Waals surface area (Å²) in [5.74, 6) is -0.931. The van der Waals surface area contributed by atoms with E-state index < -0.39 is 40.2 Å². The number of aromatic nitrogens is 2. The van der Waals surface area contributed by atoms with E-state index in [1.807, 2.05) is 0 Å². The zero-order valence-electron chi connectivity index (χ0n) is 14.9. The first-order chi connectivity index (χ1) is 13.1. The third-order valence-electron chi connectivity index (χ3n) is 4.17. The fourth-order valence-corrected chi connectivity index (χ4v) is 4.20. The van der Waals surface area contributed by atoms with Crippen LogP contribution in [0.25, 0.3) is 0 Å². The average molecular weight is 416 g/mol. The Kier molecular flexibility index (Phi) is 5.37. The largest absolute Gasteiger partial charge is 0.488 e. The summed E-state index contributed by atoms with van der Waals surface area (Å²) < 4.78 is 59.7. The van der Waals surface area contributed by atoms with Crippen molar-refractivity contribution in [1.82, 2.24) is 14.3 Å². The number of carbonyl (C=O) groups is 1. The van der Waals surface area contributed by atoms with Gasteiger partial charge in [0.15, 0.2) is 11.4 Å². The van der Waals surface area contributed by atoms with Crippen LogP contribution in [0.3, 0.4) is 0 Å². The fraction of sp³-hybridized carbons (Fsp3) is 0.375. The molecule has 3 rings (SSSR count). The van der Waals surface area contributed by atoms with Gasteiger partial charge in [0.1, 0.15) is 17.2 Å². The minimum absolute atomic E-state index is 0.0710. The number of aryl methyl sites for hydroxylation is 1. The van der Waals surface area contributed by atoms with Crippen LogP contribution >= 0.6 is 0 Å². The van der Waals surface area contributed by atoms with Gasteiger partial charge in [-0.1, -0.05) is 0 Å². The molecule has 0 aliphatic carbocycles. The molecule has 0 aromatic carbocycles. The van der Waals surface area contributed by atoms with Crippen LogP contribution in [0.15, 0.2) is 29.4 Å². The van der Waals surface area contributed by atoms with Gasteiger partial charge in [-0.15, -0.1) is 0 Å². The summed E-state index contributed by atoms with van der Waals surface area (Å²) in [7, 11) is -2.59. The molecule has 3 heterocycles. The Morgan fingerprint density at radius 2 is 2.21 bits per heavy atom. The number of nitrogens with zero attached hydrogens (tertiary/aromatic N) is 2. The number of hydrogen-bond donors (Lipinski definition) is 3. The van der Waals surface area contributed by atoms with Gasteiger partial charge in [0, 0.05) is 25.1 Å². The number of carbonyl (C=O) groups excluding carboxylic acids is 1. The Balaban J connectivity index is 1.95. The van der Waals surface area contributed by atoms with E-state index in [4.69, 9.17) is 4.74 Å². The molecule has 0 spiro atoms. The van der Waals surface area contributed by atoms with Crippen LogP contribution in [0.1, 0.15) is 29.5 Å². The molecule has 2 atom stereocenters. The summed E-state index contributed by atoms with van der Waals surface area (Å²) >= 11 is 0. The fourth-order valence-electron chi connectivity index (χ4n) is 2.71. The smallest absolute Gasteiger partial charge is 0.280 e. The lowest BCUT2D eigenvalue weighted by molar-refractivity contribution is 0.100. The summed E-state index contributed by atoms with van der Waals surface area (Å²) in [4.78, 5) is 16.0. The first-order valence-electron chi connectivity index (χ1n) is 8.18. The van der Waals surface area contributed by atoms with Gasteiger partial charge in [-0.2, -0.15) is 0 Å². The molecule has 9 nitrogen and oxygen atoms in total. The van der Waals surface area contributed by atoms with Gasteiger partial charge >= 0.3 is 0 Å². The molecule has 1 aliphatic rings. The van der Waals surface area contributed by atoms with Crippen molar-refractivity contribution in [2.45, 2.75) is 30.4 Å². The molecule has 1 aliphatic heterocycles. The number of rotatable bonds is 4. The molecule has 2 aromatic heterocycles. The second-order valence-corrected chi connectivity index (χ2v) is 7.97. The summed E-state index contributed by atoms with van der Waals surface area (Å²) in [6, 6.07) is 1.45. The molecular weight excluding hydrogens is 398 g/mol. The third-order valence-corrected chi connectivity index (χ3v) is 5.65. The lowest BCUT2D eigenvalue weighted by Gasteiger charge is -2.18. The average Bonchev–Trinajstić information content (AvgIpc) is 2.89. The number of sulfonamides is 1. The topological polar surface area (TPSA) is 123 Å². The highest BCUT2D eigenvalue weighted by atomic mass is 32.2. The summed E-state index contributed by atoms with van der Waals surface area (Å²) in [6.45, 7) is 1.21. The van der Waals surface area contributed by atoms with Crippen molar-refractivity contribution < 1.29 is 31.8 Å². The van der Waals surface area contributed by atoms with E-state index in [9.17, 15) is 27.1 Å². The number of aliphatic hydroxyl groups excluding tert-OH is 1.